The molecule has 15 heavy (non-hydrogen) atoms. The van der Waals surface area contributed by atoms with Gasteiger partial charge in [-0.3, -0.25) is 0 Å². The molecule has 0 radical (unpaired) electrons. The molecule has 1 saturated heterocycles. The number of nitrogens with one attached hydrogen (secondary N) is 1. The fourth-order valence-electron chi connectivity index (χ4n) is 1.93. The Balaban J connectivity index is 2.34. The molecule has 90 valence electrons. The van der Waals surface area contributed by atoms with E-state index in [0.717, 1.165) is 19.5 Å². The minimum Gasteiger partial charge on any atom is -0.317 e. The maximum absolute atomic E-state index is 11.0. The van der Waals surface area contributed by atoms with E-state index in [-0.39, 0.29) is 5.75 Å². The predicted octanol–water partition coefficient (Wildman–Crippen LogP) is 0.105. The van der Waals surface area contributed by atoms with Crippen LogP contribution < -0.4 is 5.32 Å². The summed E-state index contributed by atoms with van der Waals surface area (Å²) < 4.78 is 22.1. The maximum Gasteiger partial charge on any atom is 0.148 e. The quantitative estimate of drug-likeness (QED) is 0.750. The average Bonchev–Trinajstić information content (AvgIpc) is 2.41. The van der Waals surface area contributed by atoms with Gasteiger partial charge in [0.2, 0.25) is 0 Å². The van der Waals surface area contributed by atoms with Crippen molar-refractivity contribution in [2.24, 2.45) is 0 Å². The normalized spacial score (nSPS) is 24.1. The van der Waals surface area contributed by atoms with Gasteiger partial charge in [-0.25, -0.2) is 8.42 Å². The van der Waals surface area contributed by atoms with Crippen LogP contribution >= 0.6 is 0 Å². The van der Waals surface area contributed by atoms with Gasteiger partial charge < -0.3 is 10.2 Å². The lowest BCUT2D eigenvalue weighted by Gasteiger charge is -2.26. The molecule has 1 fully saturated rings. The van der Waals surface area contributed by atoms with E-state index in [1.54, 1.807) is 0 Å². The number of sulfone groups is 1. The summed E-state index contributed by atoms with van der Waals surface area (Å²) in [4.78, 5) is 2.19. The predicted molar refractivity (Wildman–Crippen MR) is 62.8 cm³/mol. The molecule has 0 spiro atoms. The van der Waals surface area contributed by atoms with Crippen LogP contribution in [0.2, 0.25) is 0 Å². The Bertz CT molecular complexity index is 269. The second-order valence-corrected chi connectivity index (χ2v) is 6.70. The fourth-order valence-corrected chi connectivity index (χ4v) is 2.55. The van der Waals surface area contributed by atoms with Crippen molar-refractivity contribution in [2.45, 2.75) is 25.3 Å². The maximum atomic E-state index is 11.0. The Morgan fingerprint density at radius 2 is 2.07 bits per heavy atom. The Labute approximate surface area is 93.0 Å². The molecular weight excluding hydrogens is 212 g/mol. The Morgan fingerprint density at radius 1 is 1.33 bits per heavy atom. The first-order valence-electron chi connectivity index (χ1n) is 5.58. The highest BCUT2D eigenvalue weighted by Crippen LogP contribution is 2.11. The standard InChI is InChI=1S/C10H22N2O2S/c1-12(8-9-15(2,13)14)10-4-3-6-11-7-5-10/h10-11H,3-9H2,1-2H3. The summed E-state index contributed by atoms with van der Waals surface area (Å²) in [5, 5.41) is 3.36. The van der Waals surface area contributed by atoms with Gasteiger partial charge >= 0.3 is 0 Å². The third-order valence-corrected chi connectivity index (χ3v) is 3.91. The van der Waals surface area contributed by atoms with Gasteiger partial charge in [-0.1, -0.05) is 0 Å². The summed E-state index contributed by atoms with van der Waals surface area (Å²) in [6.45, 7) is 2.80. The zero-order valence-electron chi connectivity index (χ0n) is 9.70. The van der Waals surface area contributed by atoms with Crippen molar-refractivity contribution >= 4 is 9.84 Å². The van der Waals surface area contributed by atoms with E-state index in [2.05, 4.69) is 10.2 Å². The van der Waals surface area contributed by atoms with Gasteiger partial charge in [0.15, 0.2) is 0 Å². The summed E-state index contributed by atoms with van der Waals surface area (Å²) in [5.41, 5.74) is 0. The lowest BCUT2D eigenvalue weighted by atomic mass is 10.1. The van der Waals surface area contributed by atoms with Crippen LogP contribution in [0.15, 0.2) is 0 Å². The molecule has 1 aliphatic heterocycles. The molecule has 1 atom stereocenters. The number of hydrogen-bond donors (Lipinski definition) is 1. The van der Waals surface area contributed by atoms with E-state index in [4.69, 9.17) is 0 Å². The molecule has 5 heteroatoms. The molecule has 1 rings (SSSR count). The van der Waals surface area contributed by atoms with E-state index < -0.39 is 9.84 Å². The van der Waals surface area contributed by atoms with Crippen LogP contribution in [-0.2, 0) is 9.84 Å². The largest absolute Gasteiger partial charge is 0.317 e. The van der Waals surface area contributed by atoms with Crippen LogP contribution in [0, 0.1) is 0 Å². The Hall–Kier alpha value is -0.130. The highest BCUT2D eigenvalue weighted by Gasteiger charge is 2.17. The van der Waals surface area contributed by atoms with Crippen molar-refractivity contribution in [3.05, 3.63) is 0 Å². The summed E-state index contributed by atoms with van der Waals surface area (Å²) in [6, 6.07) is 0.543. The SMILES string of the molecule is CN(CCS(C)(=O)=O)C1CCCNCC1. The van der Waals surface area contributed by atoms with E-state index in [9.17, 15) is 8.42 Å². The Morgan fingerprint density at radius 3 is 2.73 bits per heavy atom. The van der Waals surface area contributed by atoms with Crippen molar-refractivity contribution in [3.63, 3.8) is 0 Å². The third-order valence-electron chi connectivity index (χ3n) is 2.98. The third kappa shape index (κ3) is 5.49. The van der Waals surface area contributed by atoms with E-state index in [0.29, 0.717) is 12.6 Å². The van der Waals surface area contributed by atoms with Gasteiger partial charge in [0, 0.05) is 18.8 Å². The molecule has 0 aromatic heterocycles. The summed E-state index contributed by atoms with van der Waals surface area (Å²) in [7, 11) is -0.795. The second-order valence-electron chi connectivity index (χ2n) is 4.45. The van der Waals surface area contributed by atoms with Crippen molar-refractivity contribution in [1.82, 2.24) is 10.2 Å². The van der Waals surface area contributed by atoms with Crippen molar-refractivity contribution in [2.75, 3.05) is 38.7 Å². The molecule has 1 heterocycles. The van der Waals surface area contributed by atoms with Crippen LogP contribution in [0.25, 0.3) is 0 Å². The zero-order valence-corrected chi connectivity index (χ0v) is 10.5. The van der Waals surface area contributed by atoms with Crippen molar-refractivity contribution < 1.29 is 8.42 Å². The molecule has 0 aliphatic carbocycles. The smallest absolute Gasteiger partial charge is 0.148 e. The van der Waals surface area contributed by atoms with E-state index in [1.807, 2.05) is 7.05 Å². The second kappa shape index (κ2) is 5.82. The van der Waals surface area contributed by atoms with Gasteiger partial charge in [-0.2, -0.15) is 0 Å². The highest BCUT2D eigenvalue weighted by molar-refractivity contribution is 7.90. The first-order valence-corrected chi connectivity index (χ1v) is 7.64. The number of nitrogens with zero attached hydrogens (tertiary/aromatic N) is 1. The first-order chi connectivity index (χ1) is 6.99. The van der Waals surface area contributed by atoms with Gasteiger partial charge in [-0.15, -0.1) is 0 Å². The first kappa shape index (κ1) is 12.9. The molecule has 0 aromatic carbocycles. The summed E-state index contributed by atoms with van der Waals surface area (Å²) >= 11 is 0. The van der Waals surface area contributed by atoms with Crippen molar-refractivity contribution in [1.29, 1.82) is 0 Å². The molecule has 0 amide bonds. The topological polar surface area (TPSA) is 49.4 Å². The van der Waals surface area contributed by atoms with Crippen LogP contribution in [0.4, 0.5) is 0 Å². The summed E-state index contributed by atoms with van der Waals surface area (Å²) in [6.07, 6.45) is 4.79. The lowest BCUT2D eigenvalue weighted by molar-refractivity contribution is 0.236. The monoisotopic (exact) mass is 234 g/mol. The van der Waals surface area contributed by atoms with Gasteiger partial charge in [-0.05, 0) is 39.4 Å². The minimum absolute atomic E-state index is 0.271. The van der Waals surface area contributed by atoms with Crippen LogP contribution in [0.5, 0.6) is 0 Å². The van der Waals surface area contributed by atoms with Crippen LogP contribution in [0.3, 0.4) is 0 Å². The Kier molecular flexibility index (Phi) is 5.02. The molecule has 4 nitrogen and oxygen atoms in total. The number of rotatable bonds is 4. The van der Waals surface area contributed by atoms with Gasteiger partial charge in [0.25, 0.3) is 0 Å². The molecule has 0 bridgehead atoms. The van der Waals surface area contributed by atoms with Crippen LogP contribution in [-0.4, -0.2) is 58.1 Å². The fraction of sp³-hybridized carbons (Fsp3) is 1.00. The molecule has 1 unspecified atom stereocenters. The van der Waals surface area contributed by atoms with Gasteiger partial charge in [0.1, 0.15) is 9.84 Å². The lowest BCUT2D eigenvalue weighted by Crippen LogP contribution is -2.35. The highest BCUT2D eigenvalue weighted by atomic mass is 32.2. The van der Waals surface area contributed by atoms with E-state index in [1.165, 1.54) is 19.1 Å². The van der Waals surface area contributed by atoms with Gasteiger partial charge in [0.05, 0.1) is 5.75 Å². The molecule has 0 saturated carbocycles. The minimum atomic E-state index is -2.82. The number of hydrogen-bond acceptors (Lipinski definition) is 4. The van der Waals surface area contributed by atoms with Crippen LogP contribution in [0.1, 0.15) is 19.3 Å². The summed E-state index contributed by atoms with van der Waals surface area (Å²) in [5.74, 6) is 0.271. The zero-order chi connectivity index (χ0) is 11.3. The van der Waals surface area contributed by atoms with E-state index >= 15 is 0 Å². The molecular formula is C10H22N2O2S. The molecule has 1 aliphatic rings. The molecule has 0 aromatic rings. The molecule has 1 N–H and O–H groups in total. The van der Waals surface area contributed by atoms with Crippen molar-refractivity contribution in [3.8, 4) is 0 Å². The average molecular weight is 234 g/mol.